The van der Waals surface area contributed by atoms with Crippen molar-refractivity contribution in [2.24, 2.45) is 23.7 Å². The smallest absolute Gasteiger partial charge is 0.166 e. The van der Waals surface area contributed by atoms with Crippen molar-refractivity contribution in [3.05, 3.63) is 10.1 Å². The maximum atomic E-state index is 10.5. The van der Waals surface area contributed by atoms with Crippen molar-refractivity contribution < 1.29 is 9.84 Å². The van der Waals surface area contributed by atoms with Crippen LogP contribution in [0.2, 0.25) is 0 Å². The van der Waals surface area contributed by atoms with Crippen LogP contribution in [0.15, 0.2) is 10.1 Å². The molecule has 5 aliphatic rings. The number of allylic oxidation sites excluding steroid dienone is 2. The van der Waals surface area contributed by atoms with Crippen molar-refractivity contribution >= 4 is 69.6 Å². The zero-order valence-corrected chi connectivity index (χ0v) is 14.2. The Kier molecular flexibility index (Phi) is 2.36. The number of epoxide rings is 1. The van der Waals surface area contributed by atoms with Gasteiger partial charge in [0.15, 0.2) is 4.33 Å². The lowest BCUT2D eigenvalue weighted by Gasteiger charge is -2.37. The topological polar surface area (TPSA) is 32.8 Å². The van der Waals surface area contributed by atoms with Crippen LogP contribution in [0.25, 0.3) is 0 Å². The summed E-state index contributed by atoms with van der Waals surface area (Å²) in [6.07, 6.45) is -0.487. The van der Waals surface area contributed by atoms with E-state index in [0.717, 1.165) is 0 Å². The zero-order valence-electron chi connectivity index (χ0n) is 9.66. The summed E-state index contributed by atoms with van der Waals surface area (Å²) >= 11 is 39.3. The summed E-state index contributed by atoms with van der Waals surface area (Å²) in [6.45, 7) is 0. The molecule has 3 saturated carbocycles. The van der Waals surface area contributed by atoms with Gasteiger partial charge in [-0.2, -0.15) is 0 Å². The molecule has 0 aromatic heterocycles. The van der Waals surface area contributed by atoms with Gasteiger partial charge in [0.05, 0.1) is 28.4 Å². The van der Waals surface area contributed by atoms with Crippen molar-refractivity contribution in [3.8, 4) is 0 Å². The molecule has 1 aliphatic heterocycles. The molecule has 0 spiro atoms. The highest BCUT2D eigenvalue weighted by Gasteiger charge is 2.91. The first-order chi connectivity index (χ1) is 9.20. The van der Waals surface area contributed by atoms with Gasteiger partial charge in [-0.25, -0.2) is 0 Å². The number of halogens is 6. The maximum Gasteiger partial charge on any atom is 0.166 e. The first-order valence-corrected chi connectivity index (χ1v) is 8.63. The SMILES string of the molecule is OC1[C@H]2C3OC3[C@@H]1C1C2[C@]2(Cl)C(Cl)=C(Cl)[C@@]1(Cl)C2(Cl)Cl. The van der Waals surface area contributed by atoms with E-state index in [-0.39, 0.29) is 45.9 Å². The molecule has 1 saturated heterocycles. The highest BCUT2D eigenvalue weighted by molar-refractivity contribution is 6.65. The molecule has 1 N–H and O–H groups in total. The Balaban J connectivity index is 1.80. The van der Waals surface area contributed by atoms with Gasteiger partial charge in [0.25, 0.3) is 0 Å². The molecule has 1 heterocycles. The van der Waals surface area contributed by atoms with Gasteiger partial charge in [-0.1, -0.05) is 46.4 Å². The van der Waals surface area contributed by atoms with Crippen LogP contribution >= 0.6 is 69.6 Å². The second-order valence-electron chi connectivity index (χ2n) is 6.39. The van der Waals surface area contributed by atoms with Gasteiger partial charge in [-0.05, 0) is 11.8 Å². The number of hydrogen-bond acceptors (Lipinski definition) is 2. The lowest BCUT2D eigenvalue weighted by molar-refractivity contribution is 0.0503. The van der Waals surface area contributed by atoms with Crippen LogP contribution in [-0.2, 0) is 4.74 Å². The summed E-state index contributed by atoms with van der Waals surface area (Å²) < 4.78 is 4.13. The number of alkyl halides is 4. The normalized spacial score (nSPS) is 67.7. The van der Waals surface area contributed by atoms with Crippen LogP contribution in [0.4, 0.5) is 0 Å². The van der Waals surface area contributed by atoms with Crippen LogP contribution in [0.3, 0.4) is 0 Å². The van der Waals surface area contributed by atoms with Crippen molar-refractivity contribution in [3.63, 3.8) is 0 Å². The third kappa shape index (κ3) is 0.991. The van der Waals surface area contributed by atoms with Crippen molar-refractivity contribution in [2.75, 3.05) is 0 Å². The monoisotopic (exact) mass is 394 g/mol. The van der Waals surface area contributed by atoms with E-state index in [9.17, 15) is 5.11 Å². The van der Waals surface area contributed by atoms with Crippen molar-refractivity contribution in [1.82, 2.24) is 0 Å². The Morgan fingerprint density at radius 1 is 0.850 bits per heavy atom. The average molecular weight is 397 g/mol. The number of rotatable bonds is 0. The summed E-state index contributed by atoms with van der Waals surface area (Å²) in [5, 5.41) is 10.9. The molecule has 20 heavy (non-hydrogen) atoms. The molecule has 0 aromatic rings. The van der Waals surface area contributed by atoms with Crippen LogP contribution in [-0.4, -0.2) is 37.5 Å². The molecule has 0 amide bonds. The second kappa shape index (κ2) is 3.42. The highest BCUT2D eigenvalue weighted by Crippen LogP contribution is 2.84. The number of aliphatic hydroxyl groups is 1. The molecule has 110 valence electrons. The van der Waals surface area contributed by atoms with Crippen molar-refractivity contribution in [1.29, 1.82) is 0 Å². The predicted molar refractivity (Wildman–Crippen MR) is 79.0 cm³/mol. The Morgan fingerprint density at radius 3 is 1.65 bits per heavy atom. The number of fused-ring (bicyclic) bond motifs is 12. The maximum absolute atomic E-state index is 10.5. The molecule has 2 nitrogen and oxygen atoms in total. The summed E-state index contributed by atoms with van der Waals surface area (Å²) in [5.41, 5.74) is 0. The highest BCUT2D eigenvalue weighted by atomic mass is 35.5. The van der Waals surface area contributed by atoms with E-state index in [2.05, 4.69) is 0 Å². The lowest BCUT2D eigenvalue weighted by atomic mass is 9.73. The Bertz CT molecular complexity index is 546. The third-order valence-electron chi connectivity index (χ3n) is 5.99. The molecule has 4 aliphatic carbocycles. The van der Waals surface area contributed by atoms with Gasteiger partial charge in [-0.15, -0.1) is 23.2 Å². The number of hydrogen-bond donors (Lipinski definition) is 1. The molecule has 0 radical (unpaired) electrons. The molecule has 5 unspecified atom stereocenters. The Morgan fingerprint density at radius 2 is 1.25 bits per heavy atom. The minimum Gasteiger partial charge on any atom is -0.392 e. The van der Waals surface area contributed by atoms with Gasteiger partial charge in [0.2, 0.25) is 0 Å². The number of aliphatic hydroxyl groups excluding tert-OH is 1. The summed E-state index contributed by atoms with van der Waals surface area (Å²) in [7, 11) is 0. The molecule has 0 aromatic carbocycles. The lowest BCUT2D eigenvalue weighted by Crippen LogP contribution is -2.48. The Hall–Kier alpha value is 1.40. The molecule has 4 fully saturated rings. The van der Waals surface area contributed by atoms with Gasteiger partial charge < -0.3 is 9.84 Å². The fourth-order valence-electron chi connectivity index (χ4n) is 5.31. The summed E-state index contributed by atoms with van der Waals surface area (Å²) in [6, 6.07) is 0. The fraction of sp³-hybridized carbons (Fsp3) is 0.833. The predicted octanol–water partition coefficient (Wildman–Crippen LogP) is 3.45. The largest absolute Gasteiger partial charge is 0.392 e. The van der Waals surface area contributed by atoms with E-state index < -0.39 is 20.2 Å². The van der Waals surface area contributed by atoms with Gasteiger partial charge in [0, 0.05) is 11.8 Å². The van der Waals surface area contributed by atoms with Gasteiger partial charge in [-0.3, -0.25) is 0 Å². The minimum absolute atomic E-state index is 0.0128. The zero-order chi connectivity index (χ0) is 14.4. The third-order valence-corrected chi connectivity index (χ3v) is 10.3. The van der Waals surface area contributed by atoms with E-state index in [1.165, 1.54) is 0 Å². The fourth-order valence-corrected chi connectivity index (χ4v) is 8.41. The molecule has 9 atom stereocenters. The average Bonchev–Trinajstić information content (AvgIpc) is 3.01. The molecular weight excluding hydrogens is 389 g/mol. The standard InChI is InChI=1S/C12H8Cl6O2/c13-8-9(14)11(16)4-2-5(19)1(6-7(2)20-6)3(4)10(8,15)12(11,17)18/h1-7,19H/t1-,2+,3?,4?,5?,6?,7?,10-,11+. The summed E-state index contributed by atoms with van der Waals surface area (Å²) in [5.74, 6) is -0.724. The first-order valence-electron chi connectivity index (χ1n) is 6.36. The molecule has 5 rings (SSSR count). The van der Waals surface area contributed by atoms with Gasteiger partial charge >= 0.3 is 0 Å². The molecular formula is C12H8Cl6O2. The van der Waals surface area contributed by atoms with Crippen LogP contribution < -0.4 is 0 Å². The minimum atomic E-state index is -1.50. The summed E-state index contributed by atoms with van der Waals surface area (Å²) in [4.78, 5) is -2.53. The van der Waals surface area contributed by atoms with Crippen LogP contribution in [0, 0.1) is 23.7 Å². The van der Waals surface area contributed by atoms with E-state index >= 15 is 0 Å². The van der Waals surface area contributed by atoms with E-state index in [1.807, 2.05) is 0 Å². The second-order valence-corrected chi connectivity index (χ2v) is 9.66. The number of ether oxygens (including phenoxy) is 1. The molecule has 8 heteroatoms. The molecule has 4 bridgehead atoms. The quantitative estimate of drug-likeness (QED) is 0.386. The van der Waals surface area contributed by atoms with E-state index in [4.69, 9.17) is 74.3 Å². The van der Waals surface area contributed by atoms with E-state index in [1.54, 1.807) is 0 Å². The van der Waals surface area contributed by atoms with Gasteiger partial charge in [0.1, 0.15) is 9.75 Å². The van der Waals surface area contributed by atoms with Crippen molar-refractivity contribution in [2.45, 2.75) is 32.4 Å². The van der Waals surface area contributed by atoms with Crippen LogP contribution in [0.5, 0.6) is 0 Å². The first kappa shape index (κ1) is 13.8. The van der Waals surface area contributed by atoms with E-state index in [0.29, 0.717) is 0 Å². The Labute approximate surface area is 145 Å². The van der Waals surface area contributed by atoms with Crippen LogP contribution in [0.1, 0.15) is 0 Å².